The molecular weight excluding hydrogens is 321 g/mol. The minimum absolute atomic E-state index is 0.0951. The summed E-state index contributed by atoms with van der Waals surface area (Å²) in [5, 5.41) is 6.99. The van der Waals surface area contributed by atoms with Gasteiger partial charge in [0.15, 0.2) is 11.6 Å². The number of aryl methyl sites for hydroxylation is 2. The minimum Gasteiger partial charge on any atom is -0.490 e. The van der Waals surface area contributed by atoms with Crippen LogP contribution in [0.2, 0.25) is 0 Å². The van der Waals surface area contributed by atoms with Gasteiger partial charge in [-0.1, -0.05) is 39.3 Å². The first-order valence-corrected chi connectivity index (χ1v) is 8.67. The van der Waals surface area contributed by atoms with E-state index in [-0.39, 0.29) is 18.2 Å². The quantitative estimate of drug-likeness (QED) is 0.795. The zero-order chi connectivity index (χ0) is 18.4. The molecule has 0 saturated heterocycles. The van der Waals surface area contributed by atoms with E-state index in [0.717, 1.165) is 18.5 Å². The van der Waals surface area contributed by atoms with E-state index >= 15 is 0 Å². The van der Waals surface area contributed by atoms with Crippen molar-refractivity contribution in [1.29, 1.82) is 0 Å². The summed E-state index contributed by atoms with van der Waals surface area (Å²) in [7, 11) is 1.72. The molecule has 2 aromatic rings. The summed E-state index contributed by atoms with van der Waals surface area (Å²) in [6, 6.07) is 6.73. The predicted octanol–water partition coefficient (Wildman–Crippen LogP) is 3.48. The highest BCUT2D eigenvalue weighted by molar-refractivity contribution is 5.92. The van der Waals surface area contributed by atoms with Gasteiger partial charge in [0.2, 0.25) is 0 Å². The average Bonchev–Trinajstić information content (AvgIpc) is 3.00. The number of rotatable bonds is 8. The third-order valence-electron chi connectivity index (χ3n) is 4.23. The molecule has 1 amide bonds. The molecule has 1 atom stereocenters. The molecular formula is C19H26FN3O2. The minimum atomic E-state index is -0.426. The highest BCUT2D eigenvalue weighted by Crippen LogP contribution is 2.21. The van der Waals surface area contributed by atoms with Gasteiger partial charge in [-0.15, -0.1) is 0 Å². The van der Waals surface area contributed by atoms with Gasteiger partial charge in [0.25, 0.3) is 5.91 Å². The fourth-order valence-corrected chi connectivity index (χ4v) is 2.33. The first-order valence-electron chi connectivity index (χ1n) is 8.67. The van der Waals surface area contributed by atoms with E-state index in [2.05, 4.69) is 24.3 Å². The van der Waals surface area contributed by atoms with Crippen molar-refractivity contribution in [3.8, 4) is 5.75 Å². The Labute approximate surface area is 148 Å². The maximum Gasteiger partial charge on any atom is 0.269 e. The summed E-state index contributed by atoms with van der Waals surface area (Å²) in [4.78, 5) is 12.3. The number of benzene rings is 1. The molecule has 1 aromatic carbocycles. The molecule has 1 heterocycles. The standard InChI is InChI=1S/C19H26FN3O2/c1-5-13(3)12-25-17-9-7-8-14(18(17)20)11-21-19(24)16-10-15(6-2)22-23(16)4/h7-10,13H,5-6,11-12H2,1-4H3,(H,21,24). The Morgan fingerprint density at radius 3 is 2.80 bits per heavy atom. The molecule has 25 heavy (non-hydrogen) atoms. The fourth-order valence-electron chi connectivity index (χ4n) is 2.33. The molecule has 136 valence electrons. The van der Waals surface area contributed by atoms with Gasteiger partial charge >= 0.3 is 0 Å². The van der Waals surface area contributed by atoms with Crippen molar-refractivity contribution in [3.63, 3.8) is 0 Å². The third-order valence-corrected chi connectivity index (χ3v) is 4.23. The summed E-state index contributed by atoms with van der Waals surface area (Å²) >= 11 is 0. The first-order chi connectivity index (χ1) is 12.0. The van der Waals surface area contributed by atoms with Crippen molar-refractivity contribution < 1.29 is 13.9 Å². The van der Waals surface area contributed by atoms with Crippen molar-refractivity contribution in [1.82, 2.24) is 15.1 Å². The smallest absolute Gasteiger partial charge is 0.269 e. The van der Waals surface area contributed by atoms with Gasteiger partial charge in [0.1, 0.15) is 5.69 Å². The van der Waals surface area contributed by atoms with E-state index in [4.69, 9.17) is 4.74 Å². The third kappa shape index (κ3) is 4.81. The Kier molecular flexibility index (Phi) is 6.56. The van der Waals surface area contributed by atoms with E-state index in [1.54, 1.807) is 31.3 Å². The van der Waals surface area contributed by atoms with E-state index in [1.165, 1.54) is 4.68 Å². The number of nitrogens with one attached hydrogen (secondary N) is 1. The van der Waals surface area contributed by atoms with Crippen molar-refractivity contribution in [3.05, 3.63) is 47.0 Å². The largest absolute Gasteiger partial charge is 0.490 e. The fraction of sp³-hybridized carbons (Fsp3) is 0.474. The van der Waals surface area contributed by atoms with Crippen LogP contribution in [0.3, 0.4) is 0 Å². The molecule has 0 aliphatic carbocycles. The van der Waals surface area contributed by atoms with Crippen molar-refractivity contribution in [2.45, 2.75) is 40.2 Å². The average molecular weight is 347 g/mol. The Bertz CT molecular complexity index is 727. The molecule has 1 N–H and O–H groups in total. The number of amides is 1. The Hall–Kier alpha value is -2.37. The van der Waals surface area contributed by atoms with Crippen molar-refractivity contribution in [2.24, 2.45) is 13.0 Å². The summed E-state index contributed by atoms with van der Waals surface area (Å²) < 4.78 is 21.6. The van der Waals surface area contributed by atoms with Crippen LogP contribution in [-0.4, -0.2) is 22.3 Å². The molecule has 0 aliphatic heterocycles. The normalized spacial score (nSPS) is 12.0. The second-order valence-corrected chi connectivity index (χ2v) is 6.23. The van der Waals surface area contributed by atoms with Crippen LogP contribution in [0.15, 0.2) is 24.3 Å². The van der Waals surface area contributed by atoms with Crippen LogP contribution in [0.1, 0.15) is 48.9 Å². The molecule has 2 rings (SSSR count). The van der Waals surface area contributed by atoms with Gasteiger partial charge in [-0.05, 0) is 24.5 Å². The van der Waals surface area contributed by atoms with Crippen molar-refractivity contribution in [2.75, 3.05) is 6.61 Å². The van der Waals surface area contributed by atoms with Crippen molar-refractivity contribution >= 4 is 5.91 Å². The predicted molar refractivity (Wildman–Crippen MR) is 95.1 cm³/mol. The number of hydrogen-bond acceptors (Lipinski definition) is 3. The zero-order valence-electron chi connectivity index (χ0n) is 15.3. The highest BCUT2D eigenvalue weighted by Gasteiger charge is 2.15. The van der Waals surface area contributed by atoms with Crippen LogP contribution in [0, 0.1) is 11.7 Å². The maximum absolute atomic E-state index is 14.5. The molecule has 1 unspecified atom stereocenters. The lowest BCUT2D eigenvalue weighted by Crippen LogP contribution is -2.25. The van der Waals surface area contributed by atoms with E-state index in [9.17, 15) is 9.18 Å². The molecule has 1 aromatic heterocycles. The van der Waals surface area contributed by atoms with Gasteiger partial charge in [0.05, 0.1) is 12.3 Å². The Balaban J connectivity index is 2.02. The summed E-state index contributed by atoms with van der Waals surface area (Å²) in [5.74, 6) is -0.119. The van der Waals surface area contributed by atoms with Crippen LogP contribution < -0.4 is 10.1 Å². The molecule has 0 fully saturated rings. The lowest BCUT2D eigenvalue weighted by atomic mass is 10.1. The van der Waals surface area contributed by atoms with E-state index in [0.29, 0.717) is 23.8 Å². The summed E-state index contributed by atoms with van der Waals surface area (Å²) in [5.41, 5.74) is 1.70. The second kappa shape index (κ2) is 8.65. The van der Waals surface area contributed by atoms with Gasteiger partial charge < -0.3 is 10.1 Å². The Morgan fingerprint density at radius 2 is 2.16 bits per heavy atom. The molecule has 0 radical (unpaired) electrons. The number of aromatic nitrogens is 2. The van der Waals surface area contributed by atoms with Crippen LogP contribution in [-0.2, 0) is 20.0 Å². The summed E-state index contributed by atoms with van der Waals surface area (Å²) in [6.45, 7) is 6.67. The first kappa shape index (κ1) is 19.0. The number of carbonyl (C=O) groups excluding carboxylic acids is 1. The van der Waals surface area contributed by atoms with Gasteiger partial charge in [0, 0.05) is 19.2 Å². The van der Waals surface area contributed by atoms with Crippen LogP contribution in [0.25, 0.3) is 0 Å². The number of hydrogen-bond donors (Lipinski definition) is 1. The molecule has 0 spiro atoms. The molecule has 6 heteroatoms. The van der Waals surface area contributed by atoms with Crippen LogP contribution in [0.4, 0.5) is 4.39 Å². The van der Waals surface area contributed by atoms with E-state index < -0.39 is 5.82 Å². The molecule has 5 nitrogen and oxygen atoms in total. The molecule has 0 aliphatic rings. The maximum atomic E-state index is 14.5. The summed E-state index contributed by atoms with van der Waals surface area (Å²) in [6.07, 6.45) is 1.73. The topological polar surface area (TPSA) is 56.1 Å². The van der Waals surface area contributed by atoms with Crippen LogP contribution >= 0.6 is 0 Å². The van der Waals surface area contributed by atoms with Gasteiger partial charge in [-0.25, -0.2) is 4.39 Å². The van der Waals surface area contributed by atoms with E-state index in [1.807, 2.05) is 6.92 Å². The molecule has 0 saturated carbocycles. The zero-order valence-corrected chi connectivity index (χ0v) is 15.3. The number of halogens is 1. The highest BCUT2D eigenvalue weighted by atomic mass is 19.1. The van der Waals surface area contributed by atoms with Gasteiger partial charge in [-0.2, -0.15) is 5.10 Å². The monoisotopic (exact) mass is 347 g/mol. The van der Waals surface area contributed by atoms with Crippen LogP contribution in [0.5, 0.6) is 5.75 Å². The molecule has 0 bridgehead atoms. The lowest BCUT2D eigenvalue weighted by Gasteiger charge is -2.13. The number of ether oxygens (including phenoxy) is 1. The Morgan fingerprint density at radius 1 is 1.40 bits per heavy atom. The number of nitrogens with zero attached hydrogens (tertiary/aromatic N) is 2. The lowest BCUT2D eigenvalue weighted by molar-refractivity contribution is 0.0941. The second-order valence-electron chi connectivity index (χ2n) is 6.23. The van der Waals surface area contributed by atoms with Gasteiger partial charge in [-0.3, -0.25) is 9.48 Å². The number of carbonyl (C=O) groups is 1. The SMILES string of the molecule is CCc1cc(C(=O)NCc2cccc(OCC(C)CC)c2F)n(C)n1.